The van der Waals surface area contributed by atoms with E-state index in [9.17, 15) is 4.79 Å². The average Bonchev–Trinajstić information content (AvgIpc) is 3.34. The average molecular weight is 453 g/mol. The number of rotatable bonds is 5. The van der Waals surface area contributed by atoms with Crippen LogP contribution < -0.4 is 15.5 Å². The number of nitrogens with zero attached hydrogens (tertiary/aromatic N) is 4. The van der Waals surface area contributed by atoms with E-state index >= 15 is 0 Å². The Morgan fingerprint density at radius 3 is 2.62 bits per heavy atom. The first-order valence-corrected chi connectivity index (χ1v) is 11.9. The molecule has 0 radical (unpaired) electrons. The number of thiazole rings is 1. The Balaban J connectivity index is 1.36. The van der Waals surface area contributed by atoms with Crippen LogP contribution in [-0.2, 0) is 12.5 Å². The van der Waals surface area contributed by atoms with Crippen LogP contribution >= 0.6 is 11.3 Å². The highest BCUT2D eigenvalue weighted by Crippen LogP contribution is 2.31. The molecule has 8 heteroatoms. The van der Waals surface area contributed by atoms with Crippen molar-refractivity contribution in [2.24, 2.45) is 7.05 Å². The quantitative estimate of drug-likeness (QED) is 0.591. The van der Waals surface area contributed by atoms with E-state index in [0.717, 1.165) is 47.6 Å². The Bertz CT molecular complexity index is 1060. The van der Waals surface area contributed by atoms with Gasteiger partial charge in [-0.25, -0.2) is 4.98 Å². The maximum absolute atomic E-state index is 12.8. The van der Waals surface area contributed by atoms with E-state index in [4.69, 9.17) is 0 Å². The van der Waals surface area contributed by atoms with Gasteiger partial charge in [0.1, 0.15) is 5.00 Å². The molecule has 1 amide bonds. The Labute approximate surface area is 193 Å². The Kier molecular flexibility index (Phi) is 6.24. The fraction of sp³-hybridized carbons (Fsp3) is 0.458. The lowest BCUT2D eigenvalue weighted by atomic mass is 9.86. The number of aryl methyl sites for hydroxylation is 2. The van der Waals surface area contributed by atoms with Gasteiger partial charge in [0, 0.05) is 43.5 Å². The van der Waals surface area contributed by atoms with Crippen molar-refractivity contribution >= 4 is 33.2 Å². The topological polar surface area (TPSA) is 75.1 Å². The number of carbonyl (C=O) groups is 1. The van der Waals surface area contributed by atoms with E-state index in [1.807, 2.05) is 43.0 Å². The summed E-state index contributed by atoms with van der Waals surface area (Å²) in [7, 11) is 1.93. The van der Waals surface area contributed by atoms with Gasteiger partial charge in [0.2, 0.25) is 0 Å². The highest BCUT2D eigenvalue weighted by Gasteiger charge is 2.24. The van der Waals surface area contributed by atoms with E-state index in [2.05, 4.69) is 58.5 Å². The first-order chi connectivity index (χ1) is 15.2. The molecular weight excluding hydrogens is 420 g/mol. The summed E-state index contributed by atoms with van der Waals surface area (Å²) in [4.78, 5) is 19.6. The first kappa shape index (κ1) is 22.3. The van der Waals surface area contributed by atoms with Gasteiger partial charge in [-0.2, -0.15) is 5.10 Å². The normalized spacial score (nSPS) is 16.8. The van der Waals surface area contributed by atoms with Crippen LogP contribution in [0.15, 0.2) is 36.5 Å². The highest BCUT2D eigenvalue weighted by atomic mass is 32.1. The minimum absolute atomic E-state index is 0.00510. The zero-order valence-electron chi connectivity index (χ0n) is 19.5. The van der Waals surface area contributed by atoms with E-state index in [-0.39, 0.29) is 17.4 Å². The Morgan fingerprint density at radius 1 is 1.22 bits per heavy atom. The third-order valence-corrected chi connectivity index (χ3v) is 6.90. The zero-order valence-corrected chi connectivity index (χ0v) is 20.3. The second kappa shape index (κ2) is 8.94. The standard InChI is InChI=1S/C24H32N6OS/c1-16-13-20(28-29(16)5)27-23-25-14-21(32-23)30-12-6-7-19(15-30)26-22(31)17-8-10-18(11-9-17)24(2,3)4/h8-11,13-14,19H,6-7,12,15H2,1-5H3,(H,26,31)(H,25,27,28). The minimum atomic E-state index is -0.00510. The van der Waals surface area contributed by atoms with Crippen LogP contribution in [0.2, 0.25) is 0 Å². The van der Waals surface area contributed by atoms with Crippen molar-refractivity contribution in [3.8, 4) is 0 Å². The largest absolute Gasteiger partial charge is 0.360 e. The smallest absolute Gasteiger partial charge is 0.251 e. The van der Waals surface area contributed by atoms with Crippen LogP contribution in [0.1, 0.15) is 55.2 Å². The molecule has 0 bridgehead atoms. The lowest BCUT2D eigenvalue weighted by Gasteiger charge is -2.33. The SMILES string of the molecule is Cc1cc(Nc2ncc(N3CCCC(NC(=O)c4ccc(C(C)(C)C)cc4)C3)s2)nn1C. The molecule has 3 heterocycles. The van der Waals surface area contributed by atoms with Crippen LogP contribution in [0.4, 0.5) is 16.0 Å². The molecule has 7 nitrogen and oxygen atoms in total. The van der Waals surface area contributed by atoms with Crippen molar-refractivity contribution in [1.82, 2.24) is 20.1 Å². The maximum Gasteiger partial charge on any atom is 0.251 e. The molecule has 0 aliphatic carbocycles. The summed E-state index contributed by atoms with van der Waals surface area (Å²) in [6, 6.07) is 10.1. The van der Waals surface area contributed by atoms with E-state index in [0.29, 0.717) is 5.56 Å². The van der Waals surface area contributed by atoms with E-state index < -0.39 is 0 Å². The minimum Gasteiger partial charge on any atom is -0.360 e. The summed E-state index contributed by atoms with van der Waals surface area (Å²) < 4.78 is 1.84. The van der Waals surface area contributed by atoms with Crippen LogP contribution in [0.25, 0.3) is 0 Å². The highest BCUT2D eigenvalue weighted by molar-refractivity contribution is 7.19. The summed E-state index contributed by atoms with van der Waals surface area (Å²) >= 11 is 1.61. The van der Waals surface area contributed by atoms with Crippen molar-refractivity contribution in [1.29, 1.82) is 0 Å². The molecule has 3 aromatic rings. The molecule has 1 atom stereocenters. The third-order valence-electron chi connectivity index (χ3n) is 5.92. The van der Waals surface area contributed by atoms with Crippen LogP contribution in [0, 0.1) is 6.92 Å². The molecule has 1 aliphatic heterocycles. The number of aromatic nitrogens is 3. The van der Waals surface area contributed by atoms with Gasteiger partial charge in [0.25, 0.3) is 5.91 Å². The zero-order chi connectivity index (χ0) is 22.9. The summed E-state index contributed by atoms with van der Waals surface area (Å²) in [5.74, 6) is 0.793. The number of benzene rings is 1. The van der Waals surface area contributed by atoms with Crippen molar-refractivity contribution in [3.05, 3.63) is 53.3 Å². The predicted octanol–water partition coefficient (Wildman–Crippen LogP) is 4.62. The summed E-state index contributed by atoms with van der Waals surface area (Å²) in [5.41, 5.74) is 3.11. The van der Waals surface area contributed by atoms with Gasteiger partial charge in [-0.1, -0.05) is 44.2 Å². The summed E-state index contributed by atoms with van der Waals surface area (Å²) in [6.45, 7) is 10.3. The number of hydrogen-bond donors (Lipinski definition) is 2. The molecule has 32 heavy (non-hydrogen) atoms. The second-order valence-corrected chi connectivity index (χ2v) is 10.5. The van der Waals surface area contributed by atoms with Gasteiger partial charge < -0.3 is 15.5 Å². The molecule has 1 aliphatic rings. The van der Waals surface area contributed by atoms with Gasteiger partial charge in [0.15, 0.2) is 10.9 Å². The number of carbonyl (C=O) groups excluding carboxylic acids is 1. The van der Waals surface area contributed by atoms with Gasteiger partial charge in [0.05, 0.1) is 6.20 Å². The lowest BCUT2D eigenvalue weighted by Crippen LogP contribution is -2.47. The molecule has 1 saturated heterocycles. The molecule has 1 fully saturated rings. The van der Waals surface area contributed by atoms with Crippen molar-refractivity contribution in [2.75, 3.05) is 23.3 Å². The number of hydrogen-bond acceptors (Lipinski definition) is 6. The van der Waals surface area contributed by atoms with Crippen molar-refractivity contribution in [3.63, 3.8) is 0 Å². The predicted molar refractivity (Wildman–Crippen MR) is 131 cm³/mol. The number of piperidine rings is 1. The molecule has 0 saturated carbocycles. The van der Waals surface area contributed by atoms with Crippen molar-refractivity contribution in [2.45, 2.75) is 52.0 Å². The van der Waals surface area contributed by atoms with Crippen LogP contribution in [0.3, 0.4) is 0 Å². The fourth-order valence-corrected chi connectivity index (χ4v) is 4.75. The molecule has 0 spiro atoms. The van der Waals surface area contributed by atoms with Gasteiger partial charge in [-0.3, -0.25) is 9.48 Å². The Morgan fingerprint density at radius 2 is 1.97 bits per heavy atom. The first-order valence-electron chi connectivity index (χ1n) is 11.1. The monoisotopic (exact) mass is 452 g/mol. The molecule has 2 N–H and O–H groups in total. The fourth-order valence-electron chi connectivity index (χ4n) is 3.89. The Hall–Kier alpha value is -2.87. The van der Waals surface area contributed by atoms with Crippen LogP contribution in [0.5, 0.6) is 0 Å². The molecule has 2 aromatic heterocycles. The molecule has 1 unspecified atom stereocenters. The van der Waals surface area contributed by atoms with Gasteiger partial charge in [-0.15, -0.1) is 0 Å². The van der Waals surface area contributed by atoms with E-state index in [1.54, 1.807) is 11.3 Å². The number of anilines is 3. The molecular formula is C24H32N6OS. The van der Waals surface area contributed by atoms with Gasteiger partial charge >= 0.3 is 0 Å². The molecule has 4 rings (SSSR count). The van der Waals surface area contributed by atoms with Gasteiger partial charge in [-0.05, 0) is 42.9 Å². The third kappa shape index (κ3) is 5.12. The molecule has 170 valence electrons. The van der Waals surface area contributed by atoms with E-state index in [1.165, 1.54) is 5.56 Å². The second-order valence-electron chi connectivity index (χ2n) is 9.51. The van der Waals surface area contributed by atoms with Crippen molar-refractivity contribution < 1.29 is 4.79 Å². The summed E-state index contributed by atoms with van der Waals surface area (Å²) in [5, 5.41) is 12.9. The van der Waals surface area contributed by atoms with Crippen LogP contribution in [-0.4, -0.2) is 39.8 Å². The summed E-state index contributed by atoms with van der Waals surface area (Å²) in [6.07, 6.45) is 3.92. The maximum atomic E-state index is 12.8. The number of nitrogens with one attached hydrogen (secondary N) is 2. The lowest BCUT2D eigenvalue weighted by molar-refractivity contribution is 0.0933. The number of amides is 1. The molecule has 1 aromatic carbocycles.